The summed E-state index contributed by atoms with van der Waals surface area (Å²) in [6.07, 6.45) is 6.71. The second-order valence-corrected chi connectivity index (χ2v) is 6.18. The number of fused-ring (bicyclic) bond motifs is 1. The molecule has 2 aliphatic rings. The van der Waals surface area contributed by atoms with E-state index >= 15 is 0 Å². The highest BCUT2D eigenvalue weighted by Gasteiger charge is 2.34. The third-order valence-corrected chi connectivity index (χ3v) is 4.91. The van der Waals surface area contributed by atoms with Crippen molar-refractivity contribution in [1.29, 1.82) is 0 Å². The fourth-order valence-corrected chi connectivity index (χ4v) is 3.65. The average molecular weight is 263 g/mol. The van der Waals surface area contributed by atoms with E-state index in [9.17, 15) is 9.50 Å². The summed E-state index contributed by atoms with van der Waals surface area (Å²) >= 11 is 0. The monoisotopic (exact) mass is 263 g/mol. The fraction of sp³-hybridized carbons (Fsp3) is 0.625. The summed E-state index contributed by atoms with van der Waals surface area (Å²) in [5.74, 6) is -0.137. The lowest BCUT2D eigenvalue weighted by atomic mass is 9.87. The second kappa shape index (κ2) is 5.22. The highest BCUT2D eigenvalue weighted by molar-refractivity contribution is 5.35. The molecule has 0 aliphatic heterocycles. The van der Waals surface area contributed by atoms with E-state index in [0.29, 0.717) is 6.04 Å². The number of aryl methyl sites for hydroxylation is 1. The van der Waals surface area contributed by atoms with Crippen LogP contribution in [0.1, 0.15) is 49.3 Å². The Bertz CT molecular complexity index is 454. The Hall–Kier alpha value is -0.930. The average Bonchev–Trinajstić information content (AvgIpc) is 3.03. The normalized spacial score (nSPS) is 24.6. The summed E-state index contributed by atoms with van der Waals surface area (Å²) in [4.78, 5) is 0. The van der Waals surface area contributed by atoms with Gasteiger partial charge in [-0.05, 0) is 48.9 Å². The van der Waals surface area contributed by atoms with Gasteiger partial charge in [0.2, 0.25) is 0 Å². The number of halogens is 1. The molecule has 1 fully saturated rings. The Morgan fingerprint density at radius 2 is 2.11 bits per heavy atom. The minimum atomic E-state index is -0.137. The van der Waals surface area contributed by atoms with E-state index in [1.54, 1.807) is 12.1 Å². The van der Waals surface area contributed by atoms with Crippen LogP contribution in [-0.4, -0.2) is 18.3 Å². The zero-order chi connectivity index (χ0) is 13.3. The van der Waals surface area contributed by atoms with Gasteiger partial charge in [-0.25, -0.2) is 4.39 Å². The van der Waals surface area contributed by atoms with Crippen LogP contribution in [0.25, 0.3) is 0 Å². The first-order valence-corrected chi connectivity index (χ1v) is 7.35. The summed E-state index contributed by atoms with van der Waals surface area (Å²) in [6, 6.07) is 5.46. The lowest BCUT2D eigenvalue weighted by Crippen LogP contribution is -2.36. The van der Waals surface area contributed by atoms with E-state index in [1.807, 2.05) is 6.07 Å². The standard InChI is InChI=1S/C16H22FNO/c17-13-4-5-14-12(9-13)3-6-15(14)18-10-16(11-19)7-1-2-8-16/h4-5,9,15,18-19H,1-3,6-8,10-11H2. The molecule has 1 atom stereocenters. The molecule has 2 aliphatic carbocycles. The van der Waals surface area contributed by atoms with Crippen LogP contribution in [0.3, 0.4) is 0 Å². The summed E-state index contributed by atoms with van der Waals surface area (Å²) in [6.45, 7) is 1.16. The van der Waals surface area contributed by atoms with Crippen LogP contribution in [0.4, 0.5) is 4.39 Å². The smallest absolute Gasteiger partial charge is 0.123 e. The van der Waals surface area contributed by atoms with Crippen LogP contribution in [0.15, 0.2) is 18.2 Å². The molecule has 0 saturated heterocycles. The highest BCUT2D eigenvalue weighted by Crippen LogP contribution is 2.38. The molecule has 0 spiro atoms. The molecule has 0 bridgehead atoms. The molecule has 1 unspecified atom stereocenters. The number of nitrogens with one attached hydrogen (secondary N) is 1. The van der Waals surface area contributed by atoms with Crippen molar-refractivity contribution in [2.45, 2.75) is 44.6 Å². The molecule has 1 aromatic rings. The SMILES string of the molecule is OCC1(CNC2CCc3cc(F)ccc32)CCCC1. The molecular weight excluding hydrogens is 241 g/mol. The first-order chi connectivity index (χ1) is 9.22. The van der Waals surface area contributed by atoms with Gasteiger partial charge in [0.05, 0.1) is 0 Å². The molecule has 1 aromatic carbocycles. The second-order valence-electron chi connectivity index (χ2n) is 6.18. The van der Waals surface area contributed by atoms with Gasteiger partial charge < -0.3 is 10.4 Å². The maximum Gasteiger partial charge on any atom is 0.123 e. The van der Waals surface area contributed by atoms with Crippen LogP contribution >= 0.6 is 0 Å². The van der Waals surface area contributed by atoms with Crippen molar-refractivity contribution in [3.63, 3.8) is 0 Å². The Kier molecular flexibility index (Phi) is 3.59. The van der Waals surface area contributed by atoms with Gasteiger partial charge in [-0.1, -0.05) is 18.9 Å². The Morgan fingerprint density at radius 3 is 2.84 bits per heavy atom. The van der Waals surface area contributed by atoms with Gasteiger partial charge in [-0.15, -0.1) is 0 Å². The van der Waals surface area contributed by atoms with E-state index in [0.717, 1.165) is 37.8 Å². The zero-order valence-corrected chi connectivity index (χ0v) is 11.3. The predicted molar refractivity (Wildman–Crippen MR) is 73.5 cm³/mol. The summed E-state index contributed by atoms with van der Waals surface area (Å²) in [7, 11) is 0. The summed E-state index contributed by atoms with van der Waals surface area (Å²) in [5, 5.41) is 13.2. The number of rotatable bonds is 4. The van der Waals surface area contributed by atoms with Gasteiger partial charge in [-0.3, -0.25) is 0 Å². The fourth-order valence-electron chi connectivity index (χ4n) is 3.65. The summed E-state index contributed by atoms with van der Waals surface area (Å²) in [5.41, 5.74) is 2.47. The Labute approximate surface area is 114 Å². The zero-order valence-electron chi connectivity index (χ0n) is 11.3. The highest BCUT2D eigenvalue weighted by atomic mass is 19.1. The van der Waals surface area contributed by atoms with Crippen molar-refractivity contribution >= 4 is 0 Å². The maximum absolute atomic E-state index is 13.2. The van der Waals surface area contributed by atoms with Gasteiger partial charge in [0, 0.05) is 24.6 Å². The van der Waals surface area contributed by atoms with Gasteiger partial charge in [-0.2, -0.15) is 0 Å². The quantitative estimate of drug-likeness (QED) is 0.875. The molecule has 1 saturated carbocycles. The molecule has 0 heterocycles. The third-order valence-electron chi connectivity index (χ3n) is 4.91. The van der Waals surface area contributed by atoms with Crippen LogP contribution in [0.5, 0.6) is 0 Å². The molecule has 2 nitrogen and oxygen atoms in total. The van der Waals surface area contributed by atoms with Crippen molar-refractivity contribution in [3.8, 4) is 0 Å². The predicted octanol–water partition coefficient (Wildman–Crippen LogP) is 2.96. The molecule has 0 amide bonds. The maximum atomic E-state index is 13.2. The van der Waals surface area contributed by atoms with Gasteiger partial charge in [0.15, 0.2) is 0 Å². The number of benzene rings is 1. The van der Waals surface area contributed by atoms with Crippen molar-refractivity contribution in [1.82, 2.24) is 5.32 Å². The minimum absolute atomic E-state index is 0.0861. The molecule has 3 heteroatoms. The first-order valence-electron chi connectivity index (χ1n) is 7.35. The van der Waals surface area contributed by atoms with Gasteiger partial charge >= 0.3 is 0 Å². The van der Waals surface area contributed by atoms with Crippen LogP contribution in [0.2, 0.25) is 0 Å². The number of aliphatic hydroxyl groups excluding tert-OH is 1. The molecule has 104 valence electrons. The lowest BCUT2D eigenvalue weighted by molar-refractivity contribution is 0.124. The van der Waals surface area contributed by atoms with E-state index in [4.69, 9.17) is 0 Å². The molecule has 0 aromatic heterocycles. The largest absolute Gasteiger partial charge is 0.396 e. The topological polar surface area (TPSA) is 32.3 Å². The van der Waals surface area contributed by atoms with E-state index < -0.39 is 0 Å². The van der Waals surface area contributed by atoms with E-state index in [2.05, 4.69) is 5.32 Å². The van der Waals surface area contributed by atoms with Crippen molar-refractivity contribution in [2.24, 2.45) is 5.41 Å². The van der Waals surface area contributed by atoms with Crippen LogP contribution in [0, 0.1) is 11.2 Å². The Morgan fingerprint density at radius 1 is 1.32 bits per heavy atom. The number of hydrogen-bond donors (Lipinski definition) is 2. The number of aliphatic hydroxyl groups is 1. The number of hydrogen-bond acceptors (Lipinski definition) is 2. The molecular formula is C16H22FNO. The van der Waals surface area contributed by atoms with E-state index in [-0.39, 0.29) is 17.8 Å². The van der Waals surface area contributed by atoms with Crippen molar-refractivity contribution in [2.75, 3.05) is 13.2 Å². The first kappa shape index (κ1) is 13.1. The van der Waals surface area contributed by atoms with Crippen LogP contribution in [-0.2, 0) is 6.42 Å². The van der Waals surface area contributed by atoms with Gasteiger partial charge in [0.1, 0.15) is 5.82 Å². The van der Waals surface area contributed by atoms with Crippen molar-refractivity contribution in [3.05, 3.63) is 35.1 Å². The van der Waals surface area contributed by atoms with Crippen LogP contribution < -0.4 is 5.32 Å². The molecule has 3 rings (SSSR count). The van der Waals surface area contributed by atoms with Gasteiger partial charge in [0.25, 0.3) is 0 Å². The molecule has 0 radical (unpaired) electrons. The molecule has 19 heavy (non-hydrogen) atoms. The minimum Gasteiger partial charge on any atom is -0.396 e. The lowest BCUT2D eigenvalue weighted by Gasteiger charge is -2.29. The van der Waals surface area contributed by atoms with E-state index in [1.165, 1.54) is 18.4 Å². The van der Waals surface area contributed by atoms with Crippen molar-refractivity contribution < 1.29 is 9.50 Å². The summed E-state index contributed by atoms with van der Waals surface area (Å²) < 4.78 is 13.2. The molecule has 2 N–H and O–H groups in total. The third kappa shape index (κ3) is 2.54. The Balaban J connectivity index is 1.66.